The quantitative estimate of drug-likeness (QED) is 0.711. The van der Waals surface area contributed by atoms with Crippen LogP contribution in [-0.4, -0.2) is 17.0 Å². The summed E-state index contributed by atoms with van der Waals surface area (Å²) in [7, 11) is 0. The molecule has 0 radical (unpaired) electrons. The predicted octanol–water partition coefficient (Wildman–Crippen LogP) is 2.74. The molecule has 1 aromatic heterocycles. The lowest BCUT2D eigenvalue weighted by atomic mass is 10.3. The molecule has 1 fully saturated rings. The molecule has 1 aliphatic rings. The molecule has 0 N–H and O–H groups in total. The normalized spacial score (nSPS) is 20.8. The van der Waals surface area contributed by atoms with Crippen LogP contribution in [0.1, 0.15) is 0 Å². The average Bonchev–Trinajstić information content (AvgIpc) is 2.85. The van der Waals surface area contributed by atoms with Crippen LogP contribution in [0.3, 0.4) is 0 Å². The molecule has 4 heteroatoms. The number of fused-ring (bicyclic) bond motifs is 1. The lowest BCUT2D eigenvalue weighted by molar-refractivity contribution is 0.460. The standard InChI is InChI=1S/C9H7NOS2/c1-2-4-7-6(3-1)10-9(12-7)13-8-5-11-8/h1-4,8H,5H2. The first-order valence-corrected chi connectivity index (χ1v) is 5.75. The van der Waals surface area contributed by atoms with E-state index in [4.69, 9.17) is 4.74 Å². The highest BCUT2D eigenvalue weighted by molar-refractivity contribution is 8.01. The Bertz CT molecular complexity index is 403. The highest BCUT2D eigenvalue weighted by Crippen LogP contribution is 2.36. The second-order valence-electron chi connectivity index (χ2n) is 2.83. The van der Waals surface area contributed by atoms with Crippen molar-refractivity contribution < 1.29 is 4.74 Å². The van der Waals surface area contributed by atoms with E-state index < -0.39 is 0 Å². The van der Waals surface area contributed by atoms with Gasteiger partial charge in [0.25, 0.3) is 0 Å². The molecule has 1 aromatic carbocycles. The zero-order valence-corrected chi connectivity index (χ0v) is 8.40. The van der Waals surface area contributed by atoms with Crippen molar-refractivity contribution in [2.75, 3.05) is 6.61 Å². The topological polar surface area (TPSA) is 25.4 Å². The number of thioether (sulfide) groups is 1. The maximum atomic E-state index is 5.14. The Kier molecular flexibility index (Phi) is 1.78. The third-order valence-electron chi connectivity index (χ3n) is 1.81. The summed E-state index contributed by atoms with van der Waals surface area (Å²) in [4.78, 5) is 4.49. The molecule has 1 aliphatic heterocycles. The number of para-hydroxylation sites is 1. The fourth-order valence-electron chi connectivity index (χ4n) is 1.12. The Morgan fingerprint density at radius 2 is 2.31 bits per heavy atom. The van der Waals surface area contributed by atoms with E-state index in [9.17, 15) is 0 Å². The lowest BCUT2D eigenvalue weighted by Gasteiger charge is -1.85. The SMILES string of the molecule is c1ccc2sc(SC3CO3)nc2c1. The molecule has 2 heterocycles. The van der Waals surface area contributed by atoms with E-state index in [2.05, 4.69) is 11.1 Å². The van der Waals surface area contributed by atoms with Gasteiger partial charge in [-0.3, -0.25) is 0 Å². The molecule has 2 nitrogen and oxygen atoms in total. The molecule has 1 unspecified atom stereocenters. The van der Waals surface area contributed by atoms with Gasteiger partial charge < -0.3 is 4.74 Å². The van der Waals surface area contributed by atoms with Gasteiger partial charge in [-0.15, -0.1) is 11.3 Å². The first kappa shape index (κ1) is 7.79. The minimum Gasteiger partial charge on any atom is -0.361 e. The summed E-state index contributed by atoms with van der Waals surface area (Å²) in [5.74, 6) is 0. The number of ether oxygens (including phenoxy) is 1. The van der Waals surface area contributed by atoms with Crippen LogP contribution < -0.4 is 0 Å². The van der Waals surface area contributed by atoms with Crippen LogP contribution in [0.5, 0.6) is 0 Å². The highest BCUT2D eigenvalue weighted by atomic mass is 32.2. The molecule has 0 amide bonds. The summed E-state index contributed by atoms with van der Waals surface area (Å²) < 4.78 is 7.51. The number of benzene rings is 1. The second kappa shape index (κ2) is 2.97. The molecule has 0 saturated carbocycles. The molecule has 0 aliphatic carbocycles. The van der Waals surface area contributed by atoms with E-state index in [0.717, 1.165) is 16.5 Å². The van der Waals surface area contributed by atoms with Crippen LogP contribution in [0.4, 0.5) is 0 Å². The van der Waals surface area contributed by atoms with E-state index in [0.29, 0.717) is 5.44 Å². The zero-order valence-electron chi connectivity index (χ0n) is 6.77. The van der Waals surface area contributed by atoms with Gasteiger partial charge in [-0.25, -0.2) is 4.98 Å². The van der Waals surface area contributed by atoms with Gasteiger partial charge in [-0.05, 0) is 12.1 Å². The summed E-state index contributed by atoms with van der Waals surface area (Å²) >= 11 is 3.46. The zero-order chi connectivity index (χ0) is 8.67. The van der Waals surface area contributed by atoms with Gasteiger partial charge in [-0.1, -0.05) is 23.9 Å². The van der Waals surface area contributed by atoms with Gasteiger partial charge in [0.15, 0.2) is 4.34 Å². The Morgan fingerprint density at radius 1 is 1.46 bits per heavy atom. The van der Waals surface area contributed by atoms with Gasteiger partial charge in [-0.2, -0.15) is 0 Å². The molecule has 66 valence electrons. The largest absolute Gasteiger partial charge is 0.361 e. The first-order valence-electron chi connectivity index (χ1n) is 4.06. The van der Waals surface area contributed by atoms with Crippen molar-refractivity contribution in [3.05, 3.63) is 24.3 Å². The van der Waals surface area contributed by atoms with Crippen molar-refractivity contribution in [1.82, 2.24) is 4.98 Å². The van der Waals surface area contributed by atoms with Crippen molar-refractivity contribution in [3.8, 4) is 0 Å². The molecule has 13 heavy (non-hydrogen) atoms. The van der Waals surface area contributed by atoms with Crippen LogP contribution >= 0.6 is 23.1 Å². The third-order valence-corrected chi connectivity index (χ3v) is 4.01. The Balaban J connectivity index is 2.00. The number of nitrogens with zero attached hydrogens (tertiary/aromatic N) is 1. The number of hydrogen-bond donors (Lipinski definition) is 0. The molecule has 1 saturated heterocycles. The number of aromatic nitrogens is 1. The summed E-state index contributed by atoms with van der Waals surface area (Å²) in [6, 6.07) is 8.21. The van der Waals surface area contributed by atoms with Crippen LogP contribution in [0.25, 0.3) is 10.2 Å². The van der Waals surface area contributed by atoms with E-state index in [1.807, 2.05) is 18.2 Å². The Labute approximate surface area is 83.9 Å². The maximum Gasteiger partial charge on any atom is 0.153 e. The Morgan fingerprint density at radius 3 is 3.08 bits per heavy atom. The summed E-state index contributed by atoms with van der Waals surface area (Å²) in [5, 5.41) is 0. The average molecular weight is 209 g/mol. The molecule has 1 atom stereocenters. The van der Waals surface area contributed by atoms with Crippen molar-refractivity contribution in [2.24, 2.45) is 0 Å². The summed E-state index contributed by atoms with van der Waals surface area (Å²) in [6.07, 6.45) is 0. The third kappa shape index (κ3) is 1.57. The van der Waals surface area contributed by atoms with E-state index >= 15 is 0 Å². The number of epoxide rings is 1. The van der Waals surface area contributed by atoms with Crippen LogP contribution in [-0.2, 0) is 4.74 Å². The van der Waals surface area contributed by atoms with E-state index in [-0.39, 0.29) is 0 Å². The molecule has 0 bridgehead atoms. The highest BCUT2D eigenvalue weighted by Gasteiger charge is 2.25. The Hall–Kier alpha value is -0.580. The van der Waals surface area contributed by atoms with Crippen molar-refractivity contribution in [2.45, 2.75) is 9.78 Å². The smallest absolute Gasteiger partial charge is 0.153 e. The summed E-state index contributed by atoms with van der Waals surface area (Å²) in [6.45, 7) is 0.876. The number of thiazole rings is 1. The lowest BCUT2D eigenvalue weighted by Crippen LogP contribution is -1.73. The van der Waals surface area contributed by atoms with Gasteiger partial charge >= 0.3 is 0 Å². The van der Waals surface area contributed by atoms with Crippen molar-refractivity contribution in [3.63, 3.8) is 0 Å². The van der Waals surface area contributed by atoms with Crippen molar-refractivity contribution >= 4 is 33.3 Å². The fourth-order valence-corrected chi connectivity index (χ4v) is 3.19. The van der Waals surface area contributed by atoms with Crippen LogP contribution in [0.15, 0.2) is 28.6 Å². The minimum absolute atomic E-state index is 0.362. The van der Waals surface area contributed by atoms with E-state index in [1.165, 1.54) is 4.70 Å². The monoisotopic (exact) mass is 209 g/mol. The van der Waals surface area contributed by atoms with Gasteiger partial charge in [0.2, 0.25) is 0 Å². The second-order valence-corrected chi connectivity index (χ2v) is 5.27. The molecule has 2 aromatic rings. The maximum absolute atomic E-state index is 5.14. The summed E-state index contributed by atoms with van der Waals surface area (Å²) in [5.41, 5.74) is 1.45. The fraction of sp³-hybridized carbons (Fsp3) is 0.222. The molecular weight excluding hydrogens is 202 g/mol. The molecular formula is C9H7NOS2. The predicted molar refractivity (Wildman–Crippen MR) is 55.2 cm³/mol. The van der Waals surface area contributed by atoms with Crippen LogP contribution in [0.2, 0.25) is 0 Å². The minimum atomic E-state index is 0.362. The van der Waals surface area contributed by atoms with Crippen LogP contribution in [0, 0.1) is 0 Å². The number of rotatable bonds is 2. The first-order chi connectivity index (χ1) is 6.42. The van der Waals surface area contributed by atoms with Gasteiger partial charge in [0.1, 0.15) is 5.44 Å². The molecule has 0 spiro atoms. The van der Waals surface area contributed by atoms with E-state index in [1.54, 1.807) is 23.1 Å². The van der Waals surface area contributed by atoms with Crippen molar-refractivity contribution in [1.29, 1.82) is 0 Å². The molecule has 3 rings (SSSR count). The van der Waals surface area contributed by atoms with Gasteiger partial charge in [0.05, 0.1) is 16.8 Å². The number of hydrogen-bond acceptors (Lipinski definition) is 4. The van der Waals surface area contributed by atoms with Gasteiger partial charge in [0, 0.05) is 0 Å².